The Morgan fingerprint density at radius 3 is 2.58 bits per heavy atom. The molecule has 1 aliphatic carbocycles. The minimum absolute atomic E-state index is 0.0106. The summed E-state index contributed by atoms with van der Waals surface area (Å²) in [5.74, 6) is -0.558. The summed E-state index contributed by atoms with van der Waals surface area (Å²) in [4.78, 5) is 41.2. The molecular weight excluding hydrogens is 396 g/mol. The van der Waals surface area contributed by atoms with Crippen molar-refractivity contribution in [2.75, 3.05) is 5.32 Å². The van der Waals surface area contributed by atoms with Crippen LogP contribution in [0, 0.1) is 17.0 Å². The molecule has 2 aromatic rings. The highest BCUT2D eigenvalue weighted by atomic mass is 16.6. The standard InChI is InChI=1S/C23H22N4O4/c1-13-5-3-8-19(24-13)26-23(29)20-14(2)25-17-6-4-7-18(28)22(17)21(20)15-9-11-16(12-10-15)27(30)31/h3,5,8-12,21,25H,4,6-7H2,1-2H3,(H,24,26,29)/t21-/m0/s1. The van der Waals surface area contributed by atoms with Crippen molar-refractivity contribution in [1.82, 2.24) is 10.3 Å². The summed E-state index contributed by atoms with van der Waals surface area (Å²) in [5.41, 5.74) is 3.84. The number of aryl methyl sites for hydroxylation is 1. The Bertz CT molecular complexity index is 1150. The zero-order chi connectivity index (χ0) is 22.1. The van der Waals surface area contributed by atoms with Gasteiger partial charge in [0.25, 0.3) is 11.6 Å². The number of pyridine rings is 1. The van der Waals surface area contributed by atoms with E-state index in [1.807, 2.05) is 13.0 Å². The van der Waals surface area contributed by atoms with Gasteiger partial charge >= 0.3 is 0 Å². The summed E-state index contributed by atoms with van der Waals surface area (Å²) >= 11 is 0. The number of non-ortho nitro benzene ring substituents is 1. The number of carbonyl (C=O) groups excluding carboxylic acids is 2. The van der Waals surface area contributed by atoms with Crippen molar-refractivity contribution in [3.05, 3.63) is 86.4 Å². The second-order valence-electron chi connectivity index (χ2n) is 7.73. The molecule has 1 aromatic heterocycles. The quantitative estimate of drug-likeness (QED) is 0.575. The predicted molar refractivity (Wildman–Crippen MR) is 115 cm³/mol. The number of nitro groups is 1. The molecule has 1 aromatic carbocycles. The SMILES string of the molecule is CC1=C(C(=O)Nc2cccc(C)n2)[C@H](c2ccc([N+](=O)[O-])cc2)C2=C(CCCC2=O)N1. The van der Waals surface area contributed by atoms with Gasteiger partial charge in [0.1, 0.15) is 5.82 Å². The lowest BCUT2D eigenvalue weighted by Crippen LogP contribution is -2.35. The van der Waals surface area contributed by atoms with Crippen LogP contribution in [0.25, 0.3) is 0 Å². The fourth-order valence-electron chi connectivity index (χ4n) is 4.20. The maximum Gasteiger partial charge on any atom is 0.269 e. The van der Waals surface area contributed by atoms with Gasteiger partial charge in [0.05, 0.1) is 4.92 Å². The van der Waals surface area contributed by atoms with Crippen LogP contribution in [-0.4, -0.2) is 21.6 Å². The van der Waals surface area contributed by atoms with Crippen LogP contribution in [0.5, 0.6) is 0 Å². The molecule has 0 unspecified atom stereocenters. The minimum atomic E-state index is -0.602. The number of aromatic nitrogens is 1. The summed E-state index contributed by atoms with van der Waals surface area (Å²) in [5, 5.41) is 17.2. The Morgan fingerprint density at radius 1 is 1.16 bits per heavy atom. The number of nitro benzene ring substituents is 1. The average molecular weight is 418 g/mol. The Hall–Kier alpha value is -3.81. The van der Waals surface area contributed by atoms with Gasteiger partial charge in [0.15, 0.2) is 5.78 Å². The number of dihydropyridines is 1. The number of nitrogens with zero attached hydrogens (tertiary/aromatic N) is 2. The predicted octanol–water partition coefficient (Wildman–Crippen LogP) is 3.90. The fraction of sp³-hybridized carbons (Fsp3) is 0.261. The molecule has 0 bridgehead atoms. The molecule has 31 heavy (non-hydrogen) atoms. The molecule has 0 fully saturated rings. The van der Waals surface area contributed by atoms with E-state index in [9.17, 15) is 19.7 Å². The number of rotatable bonds is 4. The molecule has 0 saturated carbocycles. The molecule has 8 nitrogen and oxygen atoms in total. The molecular formula is C23H22N4O4. The second-order valence-corrected chi connectivity index (χ2v) is 7.73. The number of nitrogens with one attached hydrogen (secondary N) is 2. The van der Waals surface area contributed by atoms with E-state index in [4.69, 9.17) is 0 Å². The van der Waals surface area contributed by atoms with Gasteiger partial charge in [-0.25, -0.2) is 4.98 Å². The first-order valence-corrected chi connectivity index (χ1v) is 10.1. The molecule has 2 heterocycles. The zero-order valence-corrected chi connectivity index (χ0v) is 17.3. The molecule has 8 heteroatoms. The highest BCUT2D eigenvalue weighted by Gasteiger charge is 2.38. The molecule has 0 radical (unpaired) electrons. The third-order valence-electron chi connectivity index (χ3n) is 5.59. The molecule has 0 spiro atoms. The van der Waals surface area contributed by atoms with Crippen LogP contribution < -0.4 is 10.6 Å². The van der Waals surface area contributed by atoms with E-state index >= 15 is 0 Å². The van der Waals surface area contributed by atoms with Crippen LogP contribution in [0.3, 0.4) is 0 Å². The van der Waals surface area contributed by atoms with E-state index in [0.29, 0.717) is 34.6 Å². The van der Waals surface area contributed by atoms with E-state index in [-0.39, 0.29) is 17.4 Å². The molecule has 1 aliphatic heterocycles. The summed E-state index contributed by atoms with van der Waals surface area (Å²) in [6.07, 6.45) is 1.88. The van der Waals surface area contributed by atoms with E-state index in [0.717, 1.165) is 24.2 Å². The van der Waals surface area contributed by atoms with Crippen molar-refractivity contribution in [2.24, 2.45) is 0 Å². The zero-order valence-electron chi connectivity index (χ0n) is 17.3. The summed E-state index contributed by atoms with van der Waals surface area (Å²) in [6.45, 7) is 3.64. The second kappa shape index (κ2) is 8.14. The monoisotopic (exact) mass is 418 g/mol. The van der Waals surface area contributed by atoms with Gasteiger partial charge in [0.2, 0.25) is 0 Å². The van der Waals surface area contributed by atoms with Crippen LogP contribution in [0.15, 0.2) is 65.0 Å². The van der Waals surface area contributed by atoms with Crippen molar-refractivity contribution in [3.63, 3.8) is 0 Å². The fourth-order valence-corrected chi connectivity index (χ4v) is 4.20. The number of carbonyl (C=O) groups is 2. The largest absolute Gasteiger partial charge is 0.362 e. The minimum Gasteiger partial charge on any atom is -0.362 e. The first-order valence-electron chi connectivity index (χ1n) is 10.1. The van der Waals surface area contributed by atoms with E-state index in [1.54, 1.807) is 31.2 Å². The van der Waals surface area contributed by atoms with Gasteiger partial charge < -0.3 is 10.6 Å². The Balaban J connectivity index is 1.78. The Labute approximate surface area is 179 Å². The number of ketones is 1. The number of amides is 1. The molecule has 4 rings (SSSR count). The molecule has 2 N–H and O–H groups in total. The summed E-state index contributed by atoms with van der Waals surface area (Å²) in [6, 6.07) is 11.4. The lowest BCUT2D eigenvalue weighted by atomic mass is 9.75. The highest BCUT2D eigenvalue weighted by molar-refractivity contribution is 6.09. The molecule has 158 valence electrons. The first kappa shape index (κ1) is 20.5. The Kier molecular flexibility index (Phi) is 5.37. The van der Waals surface area contributed by atoms with E-state index < -0.39 is 10.8 Å². The molecule has 1 amide bonds. The summed E-state index contributed by atoms with van der Waals surface area (Å²) < 4.78 is 0. The van der Waals surface area contributed by atoms with E-state index in [1.165, 1.54) is 12.1 Å². The third kappa shape index (κ3) is 3.96. The van der Waals surface area contributed by atoms with Gasteiger partial charge in [-0.3, -0.25) is 19.7 Å². The van der Waals surface area contributed by atoms with Crippen molar-refractivity contribution >= 4 is 23.2 Å². The number of benzene rings is 1. The smallest absolute Gasteiger partial charge is 0.269 e. The van der Waals surface area contributed by atoms with Crippen molar-refractivity contribution < 1.29 is 14.5 Å². The molecule has 1 atom stereocenters. The van der Waals surface area contributed by atoms with Crippen LogP contribution in [0.4, 0.5) is 11.5 Å². The molecule has 0 saturated heterocycles. The van der Waals surface area contributed by atoms with E-state index in [2.05, 4.69) is 15.6 Å². The first-order chi connectivity index (χ1) is 14.8. The van der Waals surface area contributed by atoms with Gasteiger partial charge in [0, 0.05) is 52.7 Å². The number of hydrogen-bond donors (Lipinski definition) is 2. The Morgan fingerprint density at radius 2 is 1.90 bits per heavy atom. The number of hydrogen-bond acceptors (Lipinski definition) is 6. The van der Waals surface area contributed by atoms with Crippen LogP contribution in [-0.2, 0) is 9.59 Å². The average Bonchev–Trinajstić information content (AvgIpc) is 2.73. The molecule has 2 aliphatic rings. The lowest BCUT2D eigenvalue weighted by Gasteiger charge is -2.34. The topological polar surface area (TPSA) is 114 Å². The maximum atomic E-state index is 13.3. The van der Waals surface area contributed by atoms with Crippen molar-refractivity contribution in [1.29, 1.82) is 0 Å². The van der Waals surface area contributed by atoms with Gasteiger partial charge in [-0.2, -0.15) is 0 Å². The lowest BCUT2D eigenvalue weighted by molar-refractivity contribution is -0.384. The van der Waals surface area contributed by atoms with Crippen LogP contribution in [0.1, 0.15) is 43.4 Å². The number of anilines is 1. The van der Waals surface area contributed by atoms with Gasteiger partial charge in [-0.05, 0) is 44.4 Å². The maximum absolute atomic E-state index is 13.3. The summed E-state index contributed by atoms with van der Waals surface area (Å²) in [7, 11) is 0. The number of Topliss-reactive ketones (excluding diaryl/α,β-unsaturated/α-hetero) is 1. The van der Waals surface area contributed by atoms with Crippen molar-refractivity contribution in [2.45, 2.75) is 39.0 Å². The number of allylic oxidation sites excluding steroid dienone is 3. The van der Waals surface area contributed by atoms with Gasteiger partial charge in [-0.15, -0.1) is 0 Å². The highest BCUT2D eigenvalue weighted by Crippen LogP contribution is 2.42. The van der Waals surface area contributed by atoms with Crippen LogP contribution >= 0.6 is 0 Å². The van der Waals surface area contributed by atoms with Crippen LogP contribution in [0.2, 0.25) is 0 Å². The third-order valence-corrected chi connectivity index (χ3v) is 5.59. The van der Waals surface area contributed by atoms with Crippen molar-refractivity contribution in [3.8, 4) is 0 Å². The normalized spacial score (nSPS) is 18.4. The van der Waals surface area contributed by atoms with Gasteiger partial charge in [-0.1, -0.05) is 18.2 Å².